The normalized spacial score (nSPS) is 33.9. The predicted molar refractivity (Wildman–Crippen MR) is 94.7 cm³/mol. The van der Waals surface area contributed by atoms with Gasteiger partial charge in [-0.25, -0.2) is 0 Å². The first-order chi connectivity index (χ1) is 10.8. The van der Waals surface area contributed by atoms with Crippen molar-refractivity contribution < 1.29 is 4.74 Å². The van der Waals surface area contributed by atoms with Crippen molar-refractivity contribution in [2.75, 3.05) is 26.0 Å². The lowest BCUT2D eigenvalue weighted by molar-refractivity contribution is -0.125. The number of hydrogen-bond acceptors (Lipinski definition) is 3. The molecule has 0 bridgehead atoms. The summed E-state index contributed by atoms with van der Waals surface area (Å²) in [6.07, 6.45) is 9.63. The number of nitrogens with one attached hydrogen (secondary N) is 2. The Morgan fingerprint density at radius 2 is 2.14 bits per heavy atom. The number of guanidine groups is 1. The smallest absolute Gasteiger partial charge is 0.191 e. The highest BCUT2D eigenvalue weighted by molar-refractivity contribution is 8.00. The van der Waals surface area contributed by atoms with Gasteiger partial charge in [0.2, 0.25) is 0 Å². The second kappa shape index (κ2) is 7.43. The molecule has 3 atom stereocenters. The first kappa shape index (κ1) is 16.4. The summed E-state index contributed by atoms with van der Waals surface area (Å²) in [4.78, 5) is 4.44. The van der Waals surface area contributed by atoms with Crippen LogP contribution in [0.2, 0.25) is 0 Å². The topological polar surface area (TPSA) is 45.6 Å². The molecule has 2 N–H and O–H groups in total. The second-order valence-electron chi connectivity index (χ2n) is 6.91. The molecule has 0 amide bonds. The molecule has 5 heteroatoms. The van der Waals surface area contributed by atoms with Crippen molar-refractivity contribution in [2.24, 2.45) is 10.4 Å². The quantitative estimate of drug-likeness (QED) is 0.603. The molecule has 3 fully saturated rings. The van der Waals surface area contributed by atoms with Crippen LogP contribution in [0.15, 0.2) is 4.99 Å². The van der Waals surface area contributed by atoms with Gasteiger partial charge in [0.25, 0.3) is 0 Å². The van der Waals surface area contributed by atoms with E-state index < -0.39 is 0 Å². The molecule has 4 nitrogen and oxygen atoms in total. The number of thioether (sulfide) groups is 1. The fourth-order valence-corrected chi connectivity index (χ4v) is 5.67. The van der Waals surface area contributed by atoms with E-state index in [2.05, 4.69) is 34.3 Å². The maximum Gasteiger partial charge on any atom is 0.191 e. The fraction of sp³-hybridized carbons (Fsp3) is 0.941. The van der Waals surface area contributed by atoms with E-state index in [1.54, 1.807) is 0 Å². The van der Waals surface area contributed by atoms with E-state index in [0.29, 0.717) is 17.6 Å². The number of hydrogen-bond donors (Lipinski definition) is 2. The summed E-state index contributed by atoms with van der Waals surface area (Å²) in [6.45, 7) is 3.99. The van der Waals surface area contributed by atoms with Crippen LogP contribution in [0.3, 0.4) is 0 Å². The van der Waals surface area contributed by atoms with Crippen LogP contribution < -0.4 is 10.6 Å². The molecule has 22 heavy (non-hydrogen) atoms. The van der Waals surface area contributed by atoms with Crippen LogP contribution >= 0.6 is 11.8 Å². The summed E-state index contributed by atoms with van der Waals surface area (Å²) < 4.78 is 6.00. The van der Waals surface area contributed by atoms with Gasteiger partial charge in [-0.2, -0.15) is 11.8 Å². The molecular formula is C17H31N3OS. The maximum absolute atomic E-state index is 6.00. The fourth-order valence-electron chi connectivity index (χ4n) is 4.46. The van der Waals surface area contributed by atoms with Crippen LogP contribution in [0.25, 0.3) is 0 Å². The summed E-state index contributed by atoms with van der Waals surface area (Å²) in [5.74, 6) is 2.30. The monoisotopic (exact) mass is 325 g/mol. The molecule has 0 radical (unpaired) electrons. The number of rotatable bonds is 5. The molecular weight excluding hydrogens is 294 g/mol. The van der Waals surface area contributed by atoms with Crippen molar-refractivity contribution in [1.29, 1.82) is 0 Å². The van der Waals surface area contributed by atoms with Crippen molar-refractivity contribution in [3.05, 3.63) is 0 Å². The van der Waals surface area contributed by atoms with E-state index >= 15 is 0 Å². The molecule has 1 aliphatic heterocycles. The summed E-state index contributed by atoms with van der Waals surface area (Å²) in [6, 6.07) is 0.536. The van der Waals surface area contributed by atoms with Crippen molar-refractivity contribution in [1.82, 2.24) is 10.6 Å². The number of ether oxygens (including phenoxy) is 1. The summed E-state index contributed by atoms with van der Waals surface area (Å²) in [5, 5.41) is 8.00. The zero-order valence-electron chi connectivity index (χ0n) is 14.1. The largest absolute Gasteiger partial charge is 0.378 e. The first-order valence-corrected chi connectivity index (χ1v) is 10.0. The van der Waals surface area contributed by atoms with Crippen molar-refractivity contribution >= 4 is 17.7 Å². The average molecular weight is 326 g/mol. The molecule has 0 aromatic heterocycles. The van der Waals surface area contributed by atoms with E-state index in [1.807, 2.05) is 7.05 Å². The lowest BCUT2D eigenvalue weighted by Crippen LogP contribution is -2.65. The summed E-state index contributed by atoms with van der Waals surface area (Å²) >= 11 is 2.09. The van der Waals surface area contributed by atoms with E-state index in [0.717, 1.165) is 30.8 Å². The SMILES string of the molecule is CCOC1CC(NC(=NC)NCC2CCCS2)C12CCCC2. The molecule has 3 aliphatic rings. The lowest BCUT2D eigenvalue weighted by atomic mass is 9.60. The van der Waals surface area contributed by atoms with E-state index in [-0.39, 0.29) is 0 Å². The minimum absolute atomic E-state index is 0.371. The molecule has 1 heterocycles. The van der Waals surface area contributed by atoms with Gasteiger partial charge in [0.15, 0.2) is 5.96 Å². The van der Waals surface area contributed by atoms with Gasteiger partial charge in [-0.3, -0.25) is 4.99 Å². The zero-order chi connectivity index (χ0) is 15.4. The summed E-state index contributed by atoms with van der Waals surface area (Å²) in [5.41, 5.74) is 0.371. The molecule has 2 aliphatic carbocycles. The highest BCUT2D eigenvalue weighted by Crippen LogP contribution is 2.54. The van der Waals surface area contributed by atoms with E-state index in [1.165, 1.54) is 44.3 Å². The Bertz CT molecular complexity index is 389. The van der Waals surface area contributed by atoms with Crippen molar-refractivity contribution in [2.45, 2.75) is 69.3 Å². The van der Waals surface area contributed by atoms with Gasteiger partial charge in [-0.05, 0) is 44.8 Å². The Morgan fingerprint density at radius 3 is 2.77 bits per heavy atom. The zero-order valence-corrected chi connectivity index (χ0v) is 14.9. The molecule has 126 valence electrons. The van der Waals surface area contributed by atoms with Crippen LogP contribution in [0.5, 0.6) is 0 Å². The van der Waals surface area contributed by atoms with Gasteiger partial charge < -0.3 is 15.4 Å². The number of aliphatic imine (C=N–C) groups is 1. The molecule has 2 saturated carbocycles. The second-order valence-corrected chi connectivity index (χ2v) is 8.31. The Balaban J connectivity index is 1.52. The van der Waals surface area contributed by atoms with Gasteiger partial charge in [-0.15, -0.1) is 0 Å². The van der Waals surface area contributed by atoms with Crippen molar-refractivity contribution in [3.8, 4) is 0 Å². The van der Waals surface area contributed by atoms with Gasteiger partial charge >= 0.3 is 0 Å². The minimum Gasteiger partial charge on any atom is -0.378 e. The van der Waals surface area contributed by atoms with E-state index in [9.17, 15) is 0 Å². The van der Waals surface area contributed by atoms with Crippen LogP contribution in [0.4, 0.5) is 0 Å². The maximum atomic E-state index is 6.00. The third-order valence-electron chi connectivity index (χ3n) is 5.74. The van der Waals surface area contributed by atoms with Crippen molar-refractivity contribution in [3.63, 3.8) is 0 Å². The average Bonchev–Trinajstić information content (AvgIpc) is 3.21. The van der Waals surface area contributed by atoms with Gasteiger partial charge in [0, 0.05) is 36.9 Å². The Hall–Kier alpha value is -0.420. The standard InChI is InChI=1S/C17H31N3OS/c1-3-21-15-11-14(17(15)8-4-5-9-17)20-16(18-2)19-12-13-7-6-10-22-13/h13-15H,3-12H2,1-2H3,(H2,18,19,20). The third-order valence-corrected chi connectivity index (χ3v) is 7.14. The highest BCUT2D eigenvalue weighted by Gasteiger charge is 2.56. The van der Waals surface area contributed by atoms with Gasteiger partial charge in [0.05, 0.1) is 6.10 Å². The molecule has 0 aromatic rings. The first-order valence-electron chi connectivity index (χ1n) is 8.99. The molecule has 3 rings (SSSR count). The van der Waals surface area contributed by atoms with E-state index in [4.69, 9.17) is 4.74 Å². The Labute approximate surface area is 139 Å². The lowest BCUT2D eigenvalue weighted by Gasteiger charge is -2.54. The molecule has 0 aromatic carbocycles. The highest BCUT2D eigenvalue weighted by atomic mass is 32.2. The Kier molecular flexibility index (Phi) is 5.55. The molecule has 1 saturated heterocycles. The number of nitrogens with zero attached hydrogens (tertiary/aromatic N) is 1. The molecule has 1 spiro atoms. The predicted octanol–water partition coefficient (Wildman–Crippen LogP) is 2.78. The van der Waals surface area contributed by atoms with Crippen LogP contribution in [-0.4, -0.2) is 49.3 Å². The minimum atomic E-state index is 0.371. The third kappa shape index (κ3) is 3.25. The molecule has 3 unspecified atom stereocenters. The van der Waals surface area contributed by atoms with Crippen LogP contribution in [0.1, 0.15) is 51.9 Å². The van der Waals surface area contributed by atoms with Gasteiger partial charge in [0.1, 0.15) is 0 Å². The van der Waals surface area contributed by atoms with Crippen LogP contribution in [-0.2, 0) is 4.74 Å². The van der Waals surface area contributed by atoms with Gasteiger partial charge in [-0.1, -0.05) is 12.8 Å². The summed E-state index contributed by atoms with van der Waals surface area (Å²) in [7, 11) is 1.89. The Morgan fingerprint density at radius 1 is 1.32 bits per heavy atom. The van der Waals surface area contributed by atoms with Crippen LogP contribution in [0, 0.1) is 5.41 Å².